The van der Waals surface area contributed by atoms with Gasteiger partial charge in [-0.3, -0.25) is 4.79 Å². The van der Waals surface area contributed by atoms with Crippen LogP contribution in [-0.2, 0) is 34.0 Å². The van der Waals surface area contributed by atoms with Gasteiger partial charge in [0, 0.05) is 6.54 Å². The summed E-state index contributed by atoms with van der Waals surface area (Å²) in [6, 6.07) is 7.39. The van der Waals surface area contributed by atoms with Gasteiger partial charge >= 0.3 is 6.18 Å². The number of nitrogens with one attached hydrogen (secondary N) is 1. The Hall–Kier alpha value is -2.46. The van der Waals surface area contributed by atoms with E-state index in [1.54, 1.807) is 0 Å². The number of halogens is 4. The van der Waals surface area contributed by atoms with Crippen LogP contribution in [0.1, 0.15) is 16.7 Å². The minimum Gasteiger partial charge on any atom is -0.352 e. The summed E-state index contributed by atoms with van der Waals surface area (Å²) in [7, 11) is -3.85. The minimum absolute atomic E-state index is 0.122. The third-order valence-corrected chi connectivity index (χ3v) is 4.40. The van der Waals surface area contributed by atoms with Gasteiger partial charge in [0.15, 0.2) is 0 Å². The Kier molecular flexibility index (Phi) is 5.67. The van der Waals surface area contributed by atoms with Crippen molar-refractivity contribution in [3.63, 3.8) is 0 Å². The maximum absolute atomic E-state index is 13.0. The minimum atomic E-state index is -4.74. The SMILES string of the molecule is NS(=O)(=O)c1ccc(CC(=O)NCc2ccc(F)cc2C(F)(F)F)cc1. The Labute approximate surface area is 146 Å². The fraction of sp³-hybridized carbons (Fsp3) is 0.188. The molecule has 0 aromatic heterocycles. The van der Waals surface area contributed by atoms with Crippen LogP contribution in [0.5, 0.6) is 0 Å². The van der Waals surface area contributed by atoms with Crippen LogP contribution in [0, 0.1) is 5.82 Å². The van der Waals surface area contributed by atoms with Crippen molar-refractivity contribution in [2.75, 3.05) is 0 Å². The maximum atomic E-state index is 13.0. The van der Waals surface area contributed by atoms with Crippen molar-refractivity contribution in [1.82, 2.24) is 5.32 Å². The van der Waals surface area contributed by atoms with Crippen molar-refractivity contribution in [3.05, 3.63) is 65.0 Å². The van der Waals surface area contributed by atoms with E-state index in [1.807, 2.05) is 0 Å². The molecule has 0 aliphatic carbocycles. The molecule has 140 valence electrons. The zero-order valence-electron chi connectivity index (χ0n) is 13.2. The number of hydrogen-bond acceptors (Lipinski definition) is 3. The highest BCUT2D eigenvalue weighted by Gasteiger charge is 2.33. The predicted octanol–water partition coefficient (Wildman–Crippen LogP) is 2.35. The van der Waals surface area contributed by atoms with Crippen molar-refractivity contribution in [2.45, 2.75) is 24.0 Å². The summed E-state index contributed by atoms with van der Waals surface area (Å²) in [4.78, 5) is 11.8. The van der Waals surface area contributed by atoms with Crippen molar-refractivity contribution in [1.29, 1.82) is 0 Å². The standard InChI is InChI=1S/C16H14F4N2O3S/c17-12-4-3-11(14(8-12)16(18,19)20)9-22-15(23)7-10-1-5-13(6-2-10)26(21,24)25/h1-6,8H,7,9H2,(H,22,23)(H2,21,24,25). The van der Waals surface area contributed by atoms with Gasteiger partial charge in [0.2, 0.25) is 15.9 Å². The van der Waals surface area contributed by atoms with Crippen LogP contribution < -0.4 is 10.5 Å². The average Bonchev–Trinajstić information content (AvgIpc) is 2.52. The Bertz CT molecular complexity index is 910. The van der Waals surface area contributed by atoms with Crippen LogP contribution in [0.25, 0.3) is 0 Å². The molecule has 0 aliphatic rings. The van der Waals surface area contributed by atoms with Crippen molar-refractivity contribution < 1.29 is 30.8 Å². The summed E-state index contributed by atoms with van der Waals surface area (Å²) in [6.45, 7) is -0.427. The Morgan fingerprint density at radius 2 is 1.69 bits per heavy atom. The Morgan fingerprint density at radius 1 is 1.08 bits per heavy atom. The molecule has 0 saturated heterocycles. The summed E-state index contributed by atoms with van der Waals surface area (Å²) in [5.41, 5.74) is -0.975. The van der Waals surface area contributed by atoms with Gasteiger partial charge in [-0.1, -0.05) is 18.2 Å². The molecule has 0 bridgehead atoms. The van der Waals surface area contributed by atoms with Gasteiger partial charge in [0.1, 0.15) is 5.82 Å². The van der Waals surface area contributed by atoms with Crippen molar-refractivity contribution in [2.24, 2.45) is 5.14 Å². The van der Waals surface area contributed by atoms with Gasteiger partial charge in [-0.25, -0.2) is 17.9 Å². The van der Waals surface area contributed by atoms with E-state index in [2.05, 4.69) is 5.32 Å². The molecule has 0 heterocycles. The molecule has 2 aromatic rings. The zero-order valence-corrected chi connectivity index (χ0v) is 14.0. The van der Waals surface area contributed by atoms with Gasteiger partial charge < -0.3 is 5.32 Å². The molecule has 10 heteroatoms. The number of nitrogens with two attached hydrogens (primary N) is 1. The third kappa shape index (κ3) is 5.27. The Balaban J connectivity index is 2.04. The molecule has 0 radical (unpaired) electrons. The first-order chi connectivity index (χ1) is 12.0. The summed E-state index contributed by atoms with van der Waals surface area (Å²) in [6.07, 6.45) is -4.92. The molecule has 1 amide bonds. The Morgan fingerprint density at radius 3 is 2.23 bits per heavy atom. The van der Waals surface area contributed by atoms with E-state index in [1.165, 1.54) is 24.3 Å². The van der Waals surface area contributed by atoms with Crippen LogP contribution in [-0.4, -0.2) is 14.3 Å². The van der Waals surface area contributed by atoms with Crippen molar-refractivity contribution >= 4 is 15.9 Å². The predicted molar refractivity (Wildman–Crippen MR) is 84.8 cm³/mol. The lowest BCUT2D eigenvalue weighted by Gasteiger charge is -2.13. The topological polar surface area (TPSA) is 89.3 Å². The van der Waals surface area contributed by atoms with E-state index in [4.69, 9.17) is 5.14 Å². The lowest BCUT2D eigenvalue weighted by Crippen LogP contribution is -2.26. The number of carbonyl (C=O) groups excluding carboxylic acids is 1. The molecule has 2 rings (SSSR count). The van der Waals surface area contributed by atoms with Gasteiger partial charge in [-0.15, -0.1) is 0 Å². The largest absolute Gasteiger partial charge is 0.416 e. The first-order valence-electron chi connectivity index (χ1n) is 7.21. The number of sulfonamides is 1. The van der Waals surface area contributed by atoms with Crippen LogP contribution in [0.4, 0.5) is 17.6 Å². The number of hydrogen-bond donors (Lipinski definition) is 2. The molecule has 2 aromatic carbocycles. The van der Waals surface area contributed by atoms with E-state index in [0.29, 0.717) is 11.6 Å². The fourth-order valence-electron chi connectivity index (χ4n) is 2.21. The second-order valence-corrected chi connectivity index (χ2v) is 7.00. The number of benzene rings is 2. The second-order valence-electron chi connectivity index (χ2n) is 5.44. The molecule has 0 spiro atoms. The first kappa shape index (κ1) is 19.9. The zero-order chi connectivity index (χ0) is 19.5. The molecule has 0 fully saturated rings. The summed E-state index contributed by atoms with van der Waals surface area (Å²) in [5, 5.41) is 7.27. The van der Waals surface area contributed by atoms with Gasteiger partial charge in [0.05, 0.1) is 16.9 Å². The second kappa shape index (κ2) is 7.42. The third-order valence-electron chi connectivity index (χ3n) is 3.47. The van der Waals surface area contributed by atoms with Gasteiger partial charge in [-0.2, -0.15) is 13.2 Å². The lowest BCUT2D eigenvalue weighted by atomic mass is 10.1. The lowest BCUT2D eigenvalue weighted by molar-refractivity contribution is -0.138. The number of primary sulfonamides is 1. The highest BCUT2D eigenvalue weighted by molar-refractivity contribution is 7.89. The summed E-state index contributed by atoms with van der Waals surface area (Å²) >= 11 is 0. The van der Waals surface area contributed by atoms with Crippen molar-refractivity contribution in [3.8, 4) is 0 Å². The quantitative estimate of drug-likeness (QED) is 0.768. The normalized spacial score (nSPS) is 12.0. The van der Waals surface area contributed by atoms with Crippen LogP contribution in [0.2, 0.25) is 0 Å². The molecule has 0 saturated carbocycles. The smallest absolute Gasteiger partial charge is 0.352 e. The van der Waals surface area contributed by atoms with Crippen LogP contribution in [0.3, 0.4) is 0 Å². The molecule has 3 N–H and O–H groups in total. The van der Waals surface area contributed by atoms with E-state index in [-0.39, 0.29) is 16.9 Å². The van der Waals surface area contributed by atoms with Gasteiger partial charge in [0.25, 0.3) is 0 Å². The number of alkyl halides is 3. The van der Waals surface area contributed by atoms with E-state index in [9.17, 15) is 30.8 Å². The summed E-state index contributed by atoms with van der Waals surface area (Å²) < 4.78 is 74.0. The molecule has 0 atom stereocenters. The summed E-state index contributed by atoms with van der Waals surface area (Å²) in [5.74, 6) is -1.60. The highest BCUT2D eigenvalue weighted by Crippen LogP contribution is 2.32. The van der Waals surface area contributed by atoms with Crippen LogP contribution in [0.15, 0.2) is 47.4 Å². The fourth-order valence-corrected chi connectivity index (χ4v) is 2.72. The number of carbonyl (C=O) groups is 1. The monoisotopic (exact) mass is 390 g/mol. The molecular weight excluding hydrogens is 376 g/mol. The molecule has 5 nitrogen and oxygen atoms in total. The van der Waals surface area contributed by atoms with Gasteiger partial charge in [-0.05, 0) is 35.4 Å². The number of rotatable bonds is 5. The molecular formula is C16H14F4N2O3S. The molecule has 0 aliphatic heterocycles. The van der Waals surface area contributed by atoms with E-state index < -0.39 is 40.0 Å². The highest BCUT2D eigenvalue weighted by atomic mass is 32.2. The molecule has 26 heavy (non-hydrogen) atoms. The van der Waals surface area contributed by atoms with E-state index >= 15 is 0 Å². The first-order valence-corrected chi connectivity index (χ1v) is 8.75. The average molecular weight is 390 g/mol. The maximum Gasteiger partial charge on any atom is 0.416 e. The van der Waals surface area contributed by atoms with E-state index in [0.717, 1.165) is 12.1 Å². The molecule has 0 unspecified atom stereocenters. The van der Waals surface area contributed by atoms with Crippen LogP contribution >= 0.6 is 0 Å². The number of amides is 1.